The first-order valence-corrected chi connectivity index (χ1v) is 9.62. The maximum atomic E-state index is 13.1. The Morgan fingerprint density at radius 1 is 1.09 bits per heavy atom. The van der Waals surface area contributed by atoms with Crippen LogP contribution >= 0.6 is 0 Å². The van der Waals surface area contributed by atoms with Gasteiger partial charge in [0.2, 0.25) is 5.43 Å². The fraction of sp³-hybridized carbons (Fsp3) is 0.182. The van der Waals surface area contributed by atoms with Crippen LogP contribution in [-0.2, 0) is 19.8 Å². The lowest BCUT2D eigenvalue weighted by Gasteiger charge is -2.13. The lowest BCUT2D eigenvalue weighted by atomic mass is 10.2. The van der Waals surface area contributed by atoms with Gasteiger partial charge in [0.15, 0.2) is 5.69 Å². The minimum atomic E-state index is -4.53. The molecule has 0 radical (unpaired) electrons. The van der Waals surface area contributed by atoms with E-state index in [9.17, 15) is 22.8 Å². The summed E-state index contributed by atoms with van der Waals surface area (Å²) in [6, 6.07) is 13.1. The number of amides is 1. The molecule has 0 saturated heterocycles. The van der Waals surface area contributed by atoms with Crippen LogP contribution in [0.2, 0.25) is 0 Å². The molecule has 2 aromatic heterocycles. The molecular formula is C22H18F3N5O2. The third-order valence-electron chi connectivity index (χ3n) is 5.03. The number of fused-ring (bicyclic) bond motifs is 1. The number of para-hydroxylation sites is 2. The highest BCUT2D eigenvalue weighted by atomic mass is 19.4. The van der Waals surface area contributed by atoms with Crippen LogP contribution in [0.3, 0.4) is 0 Å². The fourth-order valence-corrected chi connectivity index (χ4v) is 3.38. The Morgan fingerprint density at radius 3 is 2.56 bits per heavy atom. The van der Waals surface area contributed by atoms with E-state index < -0.39 is 28.8 Å². The molecule has 0 spiro atoms. The number of hydrogen-bond donors (Lipinski definition) is 1. The summed E-state index contributed by atoms with van der Waals surface area (Å²) in [6.07, 6.45) is -4.53. The summed E-state index contributed by atoms with van der Waals surface area (Å²) < 4.78 is 42.2. The standard InChI is InChI=1S/C22H18F3N5O2/c1-13-10-18(31)20(28-30(13)15-7-5-6-14(11-15)22(23,24)25)21(32)26-12-19-27-16-8-3-4-9-17(16)29(19)2/h3-11H,12H2,1-2H3,(H,26,32). The Bertz CT molecular complexity index is 1390. The van der Waals surface area contributed by atoms with Crippen LogP contribution in [0.25, 0.3) is 16.7 Å². The maximum absolute atomic E-state index is 13.1. The molecule has 1 amide bonds. The van der Waals surface area contributed by atoms with Crippen molar-refractivity contribution in [2.24, 2.45) is 7.05 Å². The van der Waals surface area contributed by atoms with Crippen molar-refractivity contribution in [3.63, 3.8) is 0 Å². The zero-order valence-electron chi connectivity index (χ0n) is 17.1. The molecule has 0 bridgehead atoms. The first kappa shape index (κ1) is 21.3. The number of hydrogen-bond acceptors (Lipinski definition) is 4. The van der Waals surface area contributed by atoms with E-state index in [2.05, 4.69) is 15.4 Å². The third-order valence-corrected chi connectivity index (χ3v) is 5.03. The third kappa shape index (κ3) is 3.98. The Labute approximate surface area is 180 Å². The lowest BCUT2D eigenvalue weighted by molar-refractivity contribution is -0.137. The van der Waals surface area contributed by atoms with Gasteiger partial charge in [-0.25, -0.2) is 9.67 Å². The van der Waals surface area contributed by atoms with E-state index in [1.54, 1.807) is 0 Å². The van der Waals surface area contributed by atoms with Crippen LogP contribution < -0.4 is 10.7 Å². The van der Waals surface area contributed by atoms with Gasteiger partial charge in [-0.1, -0.05) is 18.2 Å². The summed E-state index contributed by atoms with van der Waals surface area (Å²) in [5.41, 5.74) is 0.113. The first-order valence-electron chi connectivity index (χ1n) is 9.62. The molecule has 7 nitrogen and oxygen atoms in total. The Balaban J connectivity index is 1.63. The molecule has 4 aromatic rings. The molecule has 32 heavy (non-hydrogen) atoms. The van der Waals surface area contributed by atoms with Gasteiger partial charge in [0.05, 0.1) is 28.8 Å². The molecule has 4 rings (SSSR count). The highest BCUT2D eigenvalue weighted by Gasteiger charge is 2.30. The van der Waals surface area contributed by atoms with Gasteiger partial charge in [-0.3, -0.25) is 9.59 Å². The molecule has 0 saturated carbocycles. The van der Waals surface area contributed by atoms with E-state index in [1.807, 2.05) is 35.9 Å². The van der Waals surface area contributed by atoms with Crippen LogP contribution in [0, 0.1) is 6.92 Å². The summed E-state index contributed by atoms with van der Waals surface area (Å²) in [5.74, 6) is -0.173. The molecule has 2 aromatic carbocycles. The number of carbonyl (C=O) groups excluding carboxylic acids is 1. The van der Waals surface area contributed by atoms with Crippen LogP contribution in [0.5, 0.6) is 0 Å². The zero-order valence-corrected chi connectivity index (χ0v) is 17.1. The van der Waals surface area contributed by atoms with Gasteiger partial charge in [-0.05, 0) is 37.3 Å². The second-order valence-electron chi connectivity index (χ2n) is 7.22. The van der Waals surface area contributed by atoms with Crippen molar-refractivity contribution < 1.29 is 18.0 Å². The molecule has 0 aliphatic carbocycles. The second-order valence-corrected chi connectivity index (χ2v) is 7.22. The Hall–Kier alpha value is -3.95. The number of imidazole rings is 1. The van der Waals surface area contributed by atoms with Crippen LogP contribution in [0.1, 0.15) is 27.6 Å². The summed E-state index contributed by atoms with van der Waals surface area (Å²) in [5, 5.41) is 6.65. The van der Waals surface area contributed by atoms with Gasteiger partial charge in [0.25, 0.3) is 5.91 Å². The average Bonchev–Trinajstić information content (AvgIpc) is 3.07. The number of aromatic nitrogens is 4. The minimum absolute atomic E-state index is 0.0442. The number of alkyl halides is 3. The van der Waals surface area contributed by atoms with Crippen LogP contribution in [0.4, 0.5) is 13.2 Å². The monoisotopic (exact) mass is 441 g/mol. The molecule has 1 N–H and O–H groups in total. The van der Waals surface area contributed by atoms with E-state index in [4.69, 9.17) is 0 Å². The topological polar surface area (TPSA) is 81.8 Å². The normalized spacial score (nSPS) is 11.7. The molecule has 0 aliphatic heterocycles. The average molecular weight is 441 g/mol. The fourth-order valence-electron chi connectivity index (χ4n) is 3.38. The number of aryl methyl sites for hydroxylation is 2. The van der Waals surface area contributed by atoms with Crippen molar-refractivity contribution in [2.45, 2.75) is 19.6 Å². The van der Waals surface area contributed by atoms with Gasteiger partial charge < -0.3 is 9.88 Å². The minimum Gasteiger partial charge on any atom is -0.343 e. The summed E-state index contributed by atoms with van der Waals surface area (Å²) >= 11 is 0. The number of benzene rings is 2. The number of nitrogens with zero attached hydrogens (tertiary/aromatic N) is 4. The van der Waals surface area contributed by atoms with Crippen LogP contribution in [-0.4, -0.2) is 25.2 Å². The van der Waals surface area contributed by atoms with E-state index in [0.717, 1.165) is 33.9 Å². The van der Waals surface area contributed by atoms with Gasteiger partial charge in [-0.15, -0.1) is 0 Å². The van der Waals surface area contributed by atoms with Crippen molar-refractivity contribution in [3.05, 3.63) is 87.6 Å². The second kappa shape index (κ2) is 7.95. The number of rotatable bonds is 4. The zero-order chi connectivity index (χ0) is 23.0. The number of halogens is 3. The van der Waals surface area contributed by atoms with Gasteiger partial charge in [0, 0.05) is 18.8 Å². The van der Waals surface area contributed by atoms with Gasteiger partial charge >= 0.3 is 6.18 Å². The summed E-state index contributed by atoms with van der Waals surface area (Å²) in [4.78, 5) is 29.5. The van der Waals surface area contributed by atoms with Crippen molar-refractivity contribution in [2.75, 3.05) is 0 Å². The lowest BCUT2D eigenvalue weighted by Crippen LogP contribution is -2.32. The van der Waals surface area contributed by atoms with Crippen molar-refractivity contribution in [3.8, 4) is 5.69 Å². The molecule has 0 aliphatic rings. The predicted octanol–water partition coefficient (Wildman–Crippen LogP) is 3.38. The van der Waals surface area contributed by atoms with E-state index in [-0.39, 0.29) is 12.2 Å². The van der Waals surface area contributed by atoms with E-state index >= 15 is 0 Å². The predicted molar refractivity (Wildman–Crippen MR) is 111 cm³/mol. The summed E-state index contributed by atoms with van der Waals surface area (Å²) in [6.45, 7) is 1.57. The highest BCUT2D eigenvalue weighted by molar-refractivity contribution is 5.92. The molecular weight excluding hydrogens is 423 g/mol. The van der Waals surface area contributed by atoms with E-state index in [0.29, 0.717) is 11.5 Å². The molecule has 10 heteroatoms. The Morgan fingerprint density at radius 2 is 1.84 bits per heavy atom. The maximum Gasteiger partial charge on any atom is 0.416 e. The van der Waals surface area contributed by atoms with Crippen molar-refractivity contribution in [1.82, 2.24) is 24.6 Å². The smallest absolute Gasteiger partial charge is 0.343 e. The number of carbonyl (C=O) groups is 1. The molecule has 2 heterocycles. The van der Waals surface area contributed by atoms with Gasteiger partial charge in [-0.2, -0.15) is 18.3 Å². The molecule has 164 valence electrons. The summed E-state index contributed by atoms with van der Waals surface area (Å²) in [7, 11) is 1.81. The SMILES string of the molecule is Cc1cc(=O)c(C(=O)NCc2nc3ccccc3n2C)nn1-c1cccc(C(F)(F)F)c1. The van der Waals surface area contributed by atoms with Crippen molar-refractivity contribution >= 4 is 16.9 Å². The number of nitrogens with one attached hydrogen (secondary N) is 1. The van der Waals surface area contributed by atoms with Crippen molar-refractivity contribution in [1.29, 1.82) is 0 Å². The molecule has 0 unspecified atom stereocenters. The first-order chi connectivity index (χ1) is 15.1. The largest absolute Gasteiger partial charge is 0.416 e. The van der Waals surface area contributed by atoms with E-state index in [1.165, 1.54) is 19.1 Å². The molecule has 0 fully saturated rings. The van der Waals surface area contributed by atoms with Gasteiger partial charge in [0.1, 0.15) is 5.82 Å². The Kier molecular flexibility index (Phi) is 5.29. The quantitative estimate of drug-likeness (QED) is 0.527. The molecule has 0 atom stereocenters. The highest BCUT2D eigenvalue weighted by Crippen LogP contribution is 2.30. The van der Waals surface area contributed by atoms with Crippen LogP contribution in [0.15, 0.2) is 59.4 Å².